The zero-order chi connectivity index (χ0) is 19.4. The van der Waals surface area contributed by atoms with Gasteiger partial charge in [0.1, 0.15) is 0 Å². The van der Waals surface area contributed by atoms with E-state index in [9.17, 15) is 4.79 Å². The highest BCUT2D eigenvalue weighted by Gasteiger charge is 2.21. The van der Waals surface area contributed by atoms with Crippen LogP contribution in [0.3, 0.4) is 0 Å². The summed E-state index contributed by atoms with van der Waals surface area (Å²) in [6.07, 6.45) is 5.65. The molecule has 1 aliphatic rings. The number of hydrogen-bond donors (Lipinski definition) is 1. The molecule has 0 radical (unpaired) electrons. The number of aryl methyl sites for hydroxylation is 1. The molecule has 7 heteroatoms. The first-order valence-electron chi connectivity index (χ1n) is 9.78. The summed E-state index contributed by atoms with van der Waals surface area (Å²) in [7, 11) is 0. The van der Waals surface area contributed by atoms with E-state index in [4.69, 9.17) is 4.42 Å². The number of thioether (sulfide) groups is 1. The van der Waals surface area contributed by atoms with Gasteiger partial charge in [0.2, 0.25) is 5.91 Å². The van der Waals surface area contributed by atoms with E-state index >= 15 is 0 Å². The Kier molecular flexibility index (Phi) is 6.98. The third kappa shape index (κ3) is 5.82. The van der Waals surface area contributed by atoms with Crippen LogP contribution in [0.15, 0.2) is 15.7 Å². The van der Waals surface area contributed by atoms with Crippen molar-refractivity contribution in [3.8, 4) is 10.8 Å². The second-order valence-corrected chi connectivity index (χ2v) is 10.1. The average molecular weight is 408 g/mol. The van der Waals surface area contributed by atoms with Crippen LogP contribution in [0, 0.1) is 11.8 Å². The van der Waals surface area contributed by atoms with Crippen LogP contribution in [-0.4, -0.2) is 27.9 Å². The zero-order valence-electron chi connectivity index (χ0n) is 16.6. The number of carbonyl (C=O) groups is 1. The van der Waals surface area contributed by atoms with Gasteiger partial charge in [-0.05, 0) is 62.5 Å². The third-order valence-corrected chi connectivity index (χ3v) is 6.90. The van der Waals surface area contributed by atoms with Crippen LogP contribution in [0.1, 0.15) is 57.4 Å². The molecule has 0 bridgehead atoms. The highest BCUT2D eigenvalue weighted by Crippen LogP contribution is 2.37. The average Bonchev–Trinajstić information content (AvgIpc) is 3.24. The Balaban J connectivity index is 1.50. The van der Waals surface area contributed by atoms with Crippen LogP contribution >= 0.6 is 23.1 Å². The molecule has 0 saturated carbocycles. The number of thiophene rings is 1. The fraction of sp³-hybridized carbons (Fsp3) is 0.650. The molecule has 0 spiro atoms. The molecule has 1 aliphatic carbocycles. The second kappa shape index (κ2) is 9.24. The predicted molar refractivity (Wildman–Crippen MR) is 111 cm³/mol. The molecule has 0 unspecified atom stereocenters. The minimum absolute atomic E-state index is 0.0107. The molecule has 2 atom stereocenters. The maximum absolute atomic E-state index is 12.1. The van der Waals surface area contributed by atoms with Gasteiger partial charge in [0.25, 0.3) is 11.1 Å². The third-order valence-electron chi connectivity index (χ3n) is 4.86. The summed E-state index contributed by atoms with van der Waals surface area (Å²) in [6.45, 7) is 8.75. The number of nitrogens with zero attached hydrogens (tertiary/aromatic N) is 2. The van der Waals surface area contributed by atoms with Gasteiger partial charge in [-0.1, -0.05) is 32.5 Å². The van der Waals surface area contributed by atoms with Crippen molar-refractivity contribution < 1.29 is 9.21 Å². The molecular formula is C20H29N3O2S2. The van der Waals surface area contributed by atoms with Gasteiger partial charge in [0.15, 0.2) is 0 Å². The Morgan fingerprint density at radius 2 is 2.19 bits per heavy atom. The lowest BCUT2D eigenvalue weighted by molar-refractivity contribution is -0.119. The lowest BCUT2D eigenvalue weighted by Crippen LogP contribution is -2.34. The van der Waals surface area contributed by atoms with E-state index in [1.54, 1.807) is 11.3 Å². The van der Waals surface area contributed by atoms with Crippen LogP contribution in [0.4, 0.5) is 0 Å². The summed E-state index contributed by atoms with van der Waals surface area (Å²) in [6, 6.07) is 2.39. The fourth-order valence-corrected chi connectivity index (χ4v) is 4.98. The molecule has 0 saturated heterocycles. The number of fused-ring (bicyclic) bond motifs is 1. The second-order valence-electron chi connectivity index (χ2n) is 8.01. The van der Waals surface area contributed by atoms with Crippen LogP contribution in [0.2, 0.25) is 0 Å². The van der Waals surface area contributed by atoms with Crippen molar-refractivity contribution in [2.75, 3.05) is 5.75 Å². The summed E-state index contributed by atoms with van der Waals surface area (Å²) >= 11 is 3.06. The molecule has 0 aliphatic heterocycles. The SMILES string of the molecule is CC(C)CC[C@H](C)NC(=O)CSc1nnc(-c2cc3c(s2)CC[C@H](C)C3)o1. The molecule has 0 aromatic carbocycles. The number of rotatable bonds is 8. The molecule has 2 aromatic rings. The van der Waals surface area contributed by atoms with E-state index in [0.29, 0.717) is 22.8 Å². The maximum atomic E-state index is 12.1. The van der Waals surface area contributed by atoms with Gasteiger partial charge in [-0.3, -0.25) is 4.79 Å². The van der Waals surface area contributed by atoms with Crippen molar-refractivity contribution >= 4 is 29.0 Å². The molecule has 148 valence electrons. The Morgan fingerprint density at radius 1 is 1.37 bits per heavy atom. The summed E-state index contributed by atoms with van der Waals surface area (Å²) in [5, 5.41) is 11.8. The molecular weight excluding hydrogens is 378 g/mol. The Morgan fingerprint density at radius 3 is 2.96 bits per heavy atom. The van der Waals surface area contributed by atoms with Crippen molar-refractivity contribution in [2.24, 2.45) is 11.8 Å². The van der Waals surface area contributed by atoms with E-state index in [0.717, 1.165) is 36.5 Å². The van der Waals surface area contributed by atoms with Crippen molar-refractivity contribution in [1.29, 1.82) is 0 Å². The number of hydrogen-bond acceptors (Lipinski definition) is 6. The van der Waals surface area contributed by atoms with Crippen molar-refractivity contribution in [3.63, 3.8) is 0 Å². The first-order valence-corrected chi connectivity index (χ1v) is 11.6. The van der Waals surface area contributed by atoms with Gasteiger partial charge in [-0.2, -0.15) is 0 Å². The highest BCUT2D eigenvalue weighted by atomic mass is 32.2. The van der Waals surface area contributed by atoms with Crippen LogP contribution in [-0.2, 0) is 17.6 Å². The first-order chi connectivity index (χ1) is 12.9. The normalized spacial score (nSPS) is 17.7. The quantitative estimate of drug-likeness (QED) is 0.627. The molecule has 5 nitrogen and oxygen atoms in total. The van der Waals surface area contributed by atoms with Gasteiger partial charge in [-0.15, -0.1) is 21.5 Å². The smallest absolute Gasteiger partial charge is 0.277 e. The zero-order valence-corrected chi connectivity index (χ0v) is 18.2. The first kappa shape index (κ1) is 20.4. The largest absolute Gasteiger partial charge is 0.410 e. The maximum Gasteiger partial charge on any atom is 0.277 e. The minimum atomic E-state index is 0.0107. The topological polar surface area (TPSA) is 68.0 Å². The van der Waals surface area contributed by atoms with E-state index in [1.807, 2.05) is 0 Å². The fourth-order valence-electron chi connectivity index (χ4n) is 3.28. The van der Waals surface area contributed by atoms with E-state index in [2.05, 4.69) is 49.3 Å². The number of nitrogens with one attached hydrogen (secondary N) is 1. The molecule has 0 fully saturated rings. The lowest BCUT2D eigenvalue weighted by atomic mass is 9.90. The monoisotopic (exact) mass is 407 g/mol. The molecule has 2 aromatic heterocycles. The van der Waals surface area contributed by atoms with Crippen LogP contribution in [0.5, 0.6) is 0 Å². The predicted octanol–water partition coefficient (Wildman–Crippen LogP) is 4.96. The Bertz CT molecular complexity index is 769. The van der Waals surface area contributed by atoms with Gasteiger partial charge >= 0.3 is 0 Å². The van der Waals surface area contributed by atoms with E-state index in [1.165, 1.54) is 28.6 Å². The highest BCUT2D eigenvalue weighted by molar-refractivity contribution is 7.99. The van der Waals surface area contributed by atoms with Crippen molar-refractivity contribution in [3.05, 3.63) is 16.5 Å². The minimum Gasteiger partial charge on any atom is -0.410 e. The Labute approximate surface area is 169 Å². The molecule has 1 amide bonds. The van der Waals surface area contributed by atoms with Crippen molar-refractivity contribution in [1.82, 2.24) is 15.5 Å². The standard InChI is InChI=1S/C20H29N3O2S2/c1-12(2)5-7-14(4)21-18(24)11-26-20-23-22-19(25-20)17-10-15-9-13(3)6-8-16(15)27-17/h10,12-14H,5-9,11H2,1-4H3,(H,21,24)/t13-,14-/m0/s1. The number of carbonyl (C=O) groups excluding carboxylic acids is 1. The van der Waals surface area contributed by atoms with E-state index < -0.39 is 0 Å². The summed E-state index contributed by atoms with van der Waals surface area (Å²) in [4.78, 5) is 14.6. The van der Waals surface area contributed by atoms with Gasteiger partial charge in [0, 0.05) is 10.9 Å². The molecule has 3 rings (SSSR count). The van der Waals surface area contributed by atoms with E-state index in [-0.39, 0.29) is 11.9 Å². The van der Waals surface area contributed by atoms with Gasteiger partial charge in [0.05, 0.1) is 10.6 Å². The van der Waals surface area contributed by atoms with Crippen molar-refractivity contribution in [2.45, 2.75) is 71.1 Å². The molecule has 2 heterocycles. The molecule has 1 N–H and O–H groups in total. The van der Waals surface area contributed by atoms with Gasteiger partial charge in [-0.25, -0.2) is 0 Å². The van der Waals surface area contributed by atoms with Crippen LogP contribution < -0.4 is 5.32 Å². The summed E-state index contributed by atoms with van der Waals surface area (Å²) in [5.74, 6) is 2.27. The Hall–Kier alpha value is -1.34. The summed E-state index contributed by atoms with van der Waals surface area (Å²) in [5.41, 5.74) is 1.43. The number of aromatic nitrogens is 2. The number of amides is 1. The van der Waals surface area contributed by atoms with Gasteiger partial charge < -0.3 is 9.73 Å². The molecule has 27 heavy (non-hydrogen) atoms. The van der Waals surface area contributed by atoms with Crippen LogP contribution in [0.25, 0.3) is 10.8 Å². The summed E-state index contributed by atoms with van der Waals surface area (Å²) < 4.78 is 5.78. The lowest BCUT2D eigenvalue weighted by Gasteiger charge is -2.16.